The predicted octanol–water partition coefficient (Wildman–Crippen LogP) is 3.16. The van der Waals surface area contributed by atoms with Gasteiger partial charge in [0.2, 0.25) is 11.9 Å². The second-order valence-corrected chi connectivity index (χ2v) is 6.41. The third-order valence-electron chi connectivity index (χ3n) is 3.68. The topological polar surface area (TPSA) is 109 Å². The fraction of sp³-hybridized carbons (Fsp3) is 0.111. The van der Waals surface area contributed by atoms with E-state index in [4.69, 9.17) is 27.9 Å². The van der Waals surface area contributed by atoms with E-state index in [2.05, 4.69) is 25.8 Å². The lowest BCUT2D eigenvalue weighted by Crippen LogP contribution is -2.33. The van der Waals surface area contributed by atoms with Crippen LogP contribution in [0.25, 0.3) is 11.4 Å². The summed E-state index contributed by atoms with van der Waals surface area (Å²) < 4.78 is 5.27. The van der Waals surface area contributed by atoms with E-state index >= 15 is 0 Å². The number of amides is 2. The lowest BCUT2D eigenvalue weighted by atomic mass is 10.2. The molecule has 0 aliphatic rings. The van der Waals surface area contributed by atoms with Crippen molar-refractivity contribution in [2.75, 3.05) is 19.0 Å². The van der Waals surface area contributed by atoms with Crippen molar-refractivity contribution in [1.82, 2.24) is 20.5 Å². The number of hydrogen-bond acceptors (Lipinski definition) is 5. The van der Waals surface area contributed by atoms with Gasteiger partial charge in [0.1, 0.15) is 5.75 Å². The molecule has 0 bridgehead atoms. The van der Waals surface area contributed by atoms with E-state index in [-0.39, 0.29) is 23.1 Å². The summed E-state index contributed by atoms with van der Waals surface area (Å²) in [4.78, 5) is 28.4. The molecule has 10 heteroatoms. The molecule has 8 nitrogen and oxygen atoms in total. The Morgan fingerprint density at radius 1 is 1.18 bits per heavy atom. The molecule has 0 saturated carbocycles. The Kier molecular flexibility index (Phi) is 6.13. The Hall–Kier alpha value is -3.10. The van der Waals surface area contributed by atoms with Gasteiger partial charge in [0.05, 0.1) is 29.8 Å². The van der Waals surface area contributed by atoms with Crippen LogP contribution in [0, 0.1) is 0 Å². The molecule has 0 radical (unpaired) electrons. The van der Waals surface area contributed by atoms with E-state index in [1.807, 2.05) is 12.1 Å². The fourth-order valence-corrected chi connectivity index (χ4v) is 2.87. The molecule has 28 heavy (non-hydrogen) atoms. The summed E-state index contributed by atoms with van der Waals surface area (Å²) in [5, 5.41) is 12.3. The maximum atomic E-state index is 12.1. The van der Waals surface area contributed by atoms with Crippen LogP contribution in [0.15, 0.2) is 42.5 Å². The van der Waals surface area contributed by atoms with Crippen LogP contribution in [0.3, 0.4) is 0 Å². The van der Waals surface area contributed by atoms with E-state index in [1.54, 1.807) is 19.2 Å². The number of ether oxygens (including phenoxy) is 1. The molecule has 0 aliphatic carbocycles. The summed E-state index contributed by atoms with van der Waals surface area (Å²) in [6, 6.07) is 11.7. The zero-order valence-corrected chi connectivity index (χ0v) is 16.1. The van der Waals surface area contributed by atoms with Crippen LogP contribution >= 0.6 is 23.2 Å². The number of anilines is 1. The summed E-state index contributed by atoms with van der Waals surface area (Å²) in [5.41, 5.74) is 0.916. The first kappa shape index (κ1) is 19.7. The zero-order valence-electron chi connectivity index (χ0n) is 14.6. The summed E-state index contributed by atoms with van der Waals surface area (Å²) in [6.07, 6.45) is 0. The maximum Gasteiger partial charge on any atom is 0.253 e. The van der Waals surface area contributed by atoms with Gasteiger partial charge in [-0.1, -0.05) is 35.3 Å². The number of para-hydroxylation sites is 1. The zero-order chi connectivity index (χ0) is 20.1. The van der Waals surface area contributed by atoms with Crippen LogP contribution in [-0.2, 0) is 4.79 Å². The molecule has 3 N–H and O–H groups in total. The number of aromatic amines is 1. The highest BCUT2D eigenvalue weighted by Gasteiger charge is 2.14. The fourth-order valence-electron chi connectivity index (χ4n) is 2.38. The third-order valence-corrected chi connectivity index (χ3v) is 4.23. The monoisotopic (exact) mass is 419 g/mol. The number of methoxy groups -OCH3 is 1. The SMILES string of the molecule is COc1ccccc1-c1nc(NC(=O)CNC(=O)c2ccc(Cl)cc2Cl)n[nH]1. The minimum Gasteiger partial charge on any atom is -0.496 e. The Morgan fingerprint density at radius 3 is 2.71 bits per heavy atom. The van der Waals surface area contributed by atoms with Gasteiger partial charge < -0.3 is 10.1 Å². The molecular formula is C18H15Cl2N5O3. The van der Waals surface area contributed by atoms with Crippen molar-refractivity contribution in [3.63, 3.8) is 0 Å². The lowest BCUT2D eigenvalue weighted by molar-refractivity contribution is -0.115. The molecule has 0 saturated heterocycles. The minimum absolute atomic E-state index is 0.0738. The van der Waals surface area contributed by atoms with Gasteiger partial charge in [0.15, 0.2) is 5.82 Å². The highest BCUT2D eigenvalue weighted by molar-refractivity contribution is 6.36. The van der Waals surface area contributed by atoms with Crippen molar-refractivity contribution in [3.8, 4) is 17.1 Å². The van der Waals surface area contributed by atoms with Crippen LogP contribution in [0.2, 0.25) is 10.0 Å². The second kappa shape index (κ2) is 8.73. The molecule has 0 aliphatic heterocycles. The molecule has 0 unspecified atom stereocenters. The number of nitrogens with zero attached hydrogens (tertiary/aromatic N) is 2. The Morgan fingerprint density at radius 2 is 1.96 bits per heavy atom. The number of carbonyl (C=O) groups excluding carboxylic acids is 2. The van der Waals surface area contributed by atoms with E-state index < -0.39 is 11.8 Å². The average Bonchev–Trinajstić information content (AvgIpc) is 3.14. The number of hydrogen-bond donors (Lipinski definition) is 3. The van der Waals surface area contributed by atoms with Gasteiger partial charge in [-0.25, -0.2) is 0 Å². The molecule has 0 atom stereocenters. The van der Waals surface area contributed by atoms with Crippen LogP contribution in [-0.4, -0.2) is 40.7 Å². The standard InChI is InChI=1S/C18H15Cl2N5O3/c1-28-14-5-3-2-4-12(14)16-23-18(25-24-16)22-15(26)9-21-17(27)11-7-6-10(19)8-13(11)20/h2-8H,9H2,1H3,(H,21,27)(H2,22,23,24,25,26). The first-order valence-corrected chi connectivity index (χ1v) is 8.82. The van der Waals surface area contributed by atoms with Gasteiger partial charge in [0, 0.05) is 5.02 Å². The van der Waals surface area contributed by atoms with Gasteiger partial charge in [0.25, 0.3) is 5.91 Å². The quantitative estimate of drug-likeness (QED) is 0.568. The Bertz CT molecular complexity index is 1020. The van der Waals surface area contributed by atoms with Crippen molar-refractivity contribution in [3.05, 3.63) is 58.1 Å². The molecule has 0 spiro atoms. The summed E-state index contributed by atoms with van der Waals surface area (Å²) in [7, 11) is 1.55. The highest BCUT2D eigenvalue weighted by Crippen LogP contribution is 2.27. The van der Waals surface area contributed by atoms with E-state index in [0.717, 1.165) is 0 Å². The van der Waals surface area contributed by atoms with Crippen molar-refractivity contribution >= 4 is 41.0 Å². The number of nitrogens with one attached hydrogen (secondary N) is 3. The number of halogens is 2. The third kappa shape index (κ3) is 4.59. The molecule has 0 fully saturated rings. The molecule has 144 valence electrons. The molecule has 1 heterocycles. The first-order chi connectivity index (χ1) is 13.5. The Labute approximate surface area is 170 Å². The minimum atomic E-state index is -0.499. The predicted molar refractivity (Wildman–Crippen MR) is 106 cm³/mol. The lowest BCUT2D eigenvalue weighted by Gasteiger charge is -2.06. The number of aromatic nitrogens is 3. The highest BCUT2D eigenvalue weighted by atomic mass is 35.5. The molecule has 3 aromatic rings. The maximum absolute atomic E-state index is 12.1. The number of carbonyl (C=O) groups is 2. The number of benzene rings is 2. The van der Waals surface area contributed by atoms with Crippen molar-refractivity contribution < 1.29 is 14.3 Å². The van der Waals surface area contributed by atoms with Gasteiger partial charge in [-0.2, -0.15) is 4.98 Å². The van der Waals surface area contributed by atoms with Gasteiger partial charge in [-0.3, -0.25) is 20.0 Å². The van der Waals surface area contributed by atoms with Crippen molar-refractivity contribution in [2.24, 2.45) is 0 Å². The summed E-state index contributed by atoms with van der Waals surface area (Å²) in [6.45, 7) is -0.281. The largest absolute Gasteiger partial charge is 0.496 e. The van der Waals surface area contributed by atoms with E-state index in [0.29, 0.717) is 22.2 Å². The second-order valence-electron chi connectivity index (χ2n) is 5.56. The smallest absolute Gasteiger partial charge is 0.253 e. The van der Waals surface area contributed by atoms with Crippen molar-refractivity contribution in [1.29, 1.82) is 0 Å². The number of H-pyrrole nitrogens is 1. The molecule has 3 rings (SSSR count). The van der Waals surface area contributed by atoms with E-state index in [9.17, 15) is 9.59 Å². The normalized spacial score (nSPS) is 10.4. The molecule has 2 aromatic carbocycles. The molecule has 1 aromatic heterocycles. The van der Waals surface area contributed by atoms with Gasteiger partial charge in [-0.05, 0) is 30.3 Å². The number of rotatable bonds is 6. The van der Waals surface area contributed by atoms with Gasteiger partial charge in [-0.15, -0.1) is 5.10 Å². The average molecular weight is 420 g/mol. The molecular weight excluding hydrogens is 405 g/mol. The van der Waals surface area contributed by atoms with Gasteiger partial charge >= 0.3 is 0 Å². The summed E-state index contributed by atoms with van der Waals surface area (Å²) in [5.74, 6) is 0.128. The van der Waals surface area contributed by atoms with E-state index in [1.165, 1.54) is 18.2 Å². The first-order valence-electron chi connectivity index (χ1n) is 8.07. The van der Waals surface area contributed by atoms with Crippen LogP contribution < -0.4 is 15.4 Å². The Balaban J connectivity index is 1.60. The molecule has 2 amide bonds. The van der Waals surface area contributed by atoms with Crippen LogP contribution in [0.4, 0.5) is 5.95 Å². The van der Waals surface area contributed by atoms with Crippen LogP contribution in [0.1, 0.15) is 10.4 Å². The van der Waals surface area contributed by atoms with Crippen LogP contribution in [0.5, 0.6) is 5.75 Å². The van der Waals surface area contributed by atoms with Crippen molar-refractivity contribution in [2.45, 2.75) is 0 Å². The summed E-state index contributed by atoms with van der Waals surface area (Å²) >= 11 is 11.8.